The number of carbonyl (C=O) groups is 2. The molecule has 2 amide bonds. The van der Waals surface area contributed by atoms with Crippen molar-refractivity contribution in [1.29, 1.82) is 0 Å². The summed E-state index contributed by atoms with van der Waals surface area (Å²) in [6.45, 7) is 8.85. The Morgan fingerprint density at radius 1 is 1.03 bits per heavy atom. The van der Waals surface area contributed by atoms with E-state index < -0.39 is 22.5 Å². The minimum atomic E-state index is -3.71. The predicted molar refractivity (Wildman–Crippen MR) is 121 cm³/mol. The summed E-state index contributed by atoms with van der Waals surface area (Å²) in [6.07, 6.45) is 1.07. The maximum Gasteiger partial charge on any atom is 0.253 e. The van der Waals surface area contributed by atoms with Crippen molar-refractivity contribution >= 4 is 33.2 Å². The van der Waals surface area contributed by atoms with Gasteiger partial charge in [-0.2, -0.15) is 0 Å². The molecule has 0 spiro atoms. The van der Waals surface area contributed by atoms with Gasteiger partial charge in [0.2, 0.25) is 15.9 Å². The normalized spacial score (nSPS) is 11.3. The summed E-state index contributed by atoms with van der Waals surface area (Å²) in [5.41, 5.74) is 3.67. The smallest absolute Gasteiger partial charge is 0.253 e. The van der Waals surface area contributed by atoms with Crippen molar-refractivity contribution in [2.24, 2.45) is 0 Å². The molecule has 0 aromatic heterocycles. The zero-order valence-corrected chi connectivity index (χ0v) is 19.1. The molecule has 0 saturated heterocycles. The van der Waals surface area contributed by atoms with E-state index in [1.807, 2.05) is 46.8 Å². The molecule has 162 valence electrons. The Morgan fingerprint density at radius 3 is 2.13 bits per heavy atom. The lowest BCUT2D eigenvalue weighted by molar-refractivity contribution is -0.114. The van der Waals surface area contributed by atoms with E-state index in [0.29, 0.717) is 16.9 Å². The Labute approximate surface area is 178 Å². The Kier molecular flexibility index (Phi) is 7.25. The number of benzene rings is 2. The van der Waals surface area contributed by atoms with E-state index in [1.165, 1.54) is 0 Å². The highest BCUT2D eigenvalue weighted by Gasteiger charge is 2.25. The Morgan fingerprint density at radius 2 is 1.60 bits per heavy atom. The molecule has 7 nitrogen and oxygen atoms in total. The minimum Gasteiger partial charge on any atom is -0.350 e. The maximum absolute atomic E-state index is 12.8. The predicted octanol–water partition coefficient (Wildman–Crippen LogP) is 3.15. The quantitative estimate of drug-likeness (QED) is 0.704. The Hall–Kier alpha value is -2.87. The van der Waals surface area contributed by atoms with E-state index in [1.54, 1.807) is 24.3 Å². The topological polar surface area (TPSA) is 95.6 Å². The Bertz CT molecular complexity index is 1040. The van der Waals surface area contributed by atoms with Crippen LogP contribution in [0.5, 0.6) is 0 Å². The number of hydrogen-bond donors (Lipinski definition) is 2. The fraction of sp³-hybridized carbons (Fsp3) is 0.364. The number of amides is 2. The molecule has 2 N–H and O–H groups in total. The molecule has 0 aliphatic heterocycles. The number of sulfonamides is 1. The first kappa shape index (κ1) is 23.4. The highest BCUT2D eigenvalue weighted by Crippen LogP contribution is 2.28. The van der Waals surface area contributed by atoms with E-state index in [0.717, 1.165) is 27.3 Å². The van der Waals surface area contributed by atoms with Crippen LogP contribution < -0.4 is 14.9 Å². The number of anilines is 2. The van der Waals surface area contributed by atoms with Crippen LogP contribution in [0.25, 0.3) is 0 Å². The summed E-state index contributed by atoms with van der Waals surface area (Å²) < 4.78 is 26.1. The molecular weight excluding hydrogens is 402 g/mol. The second-order valence-electron chi connectivity index (χ2n) is 7.74. The lowest BCUT2D eigenvalue weighted by Crippen LogP contribution is -2.38. The fourth-order valence-corrected chi connectivity index (χ4v) is 4.35. The van der Waals surface area contributed by atoms with Gasteiger partial charge in [0.25, 0.3) is 5.91 Å². The zero-order chi connectivity index (χ0) is 22.6. The number of carbonyl (C=O) groups excluding carboxylic acids is 2. The summed E-state index contributed by atoms with van der Waals surface area (Å²) in [7, 11) is -3.71. The fourth-order valence-electron chi connectivity index (χ4n) is 3.38. The molecular formula is C22H29N3O4S. The monoisotopic (exact) mass is 431 g/mol. The molecule has 0 aliphatic rings. The first-order valence-electron chi connectivity index (χ1n) is 9.65. The average molecular weight is 432 g/mol. The SMILES string of the molecule is Cc1cc(C)c(N(CC(=O)Nc2ccccc2C(=O)NC(C)C)S(C)(=O)=O)c(C)c1. The van der Waals surface area contributed by atoms with Crippen LogP contribution in [0.1, 0.15) is 40.9 Å². The van der Waals surface area contributed by atoms with Gasteiger partial charge in [-0.3, -0.25) is 13.9 Å². The van der Waals surface area contributed by atoms with Crippen LogP contribution >= 0.6 is 0 Å². The van der Waals surface area contributed by atoms with E-state index in [9.17, 15) is 18.0 Å². The molecule has 0 radical (unpaired) electrons. The summed E-state index contributed by atoms with van der Waals surface area (Å²) in [6, 6.07) is 10.3. The minimum absolute atomic E-state index is 0.0607. The number of nitrogens with zero attached hydrogens (tertiary/aromatic N) is 1. The molecule has 2 aromatic carbocycles. The van der Waals surface area contributed by atoms with Gasteiger partial charge in [-0.15, -0.1) is 0 Å². The lowest BCUT2D eigenvalue weighted by Gasteiger charge is -2.26. The van der Waals surface area contributed by atoms with Gasteiger partial charge in [0.15, 0.2) is 0 Å². The molecule has 0 atom stereocenters. The van der Waals surface area contributed by atoms with Crippen LogP contribution in [0.15, 0.2) is 36.4 Å². The van der Waals surface area contributed by atoms with E-state index >= 15 is 0 Å². The van der Waals surface area contributed by atoms with Gasteiger partial charge >= 0.3 is 0 Å². The molecule has 0 bridgehead atoms. The number of hydrogen-bond acceptors (Lipinski definition) is 4. The van der Waals surface area contributed by atoms with Gasteiger partial charge in [-0.25, -0.2) is 8.42 Å². The maximum atomic E-state index is 12.8. The van der Waals surface area contributed by atoms with E-state index in [4.69, 9.17) is 0 Å². The van der Waals surface area contributed by atoms with Gasteiger partial charge in [0, 0.05) is 6.04 Å². The first-order valence-corrected chi connectivity index (χ1v) is 11.5. The van der Waals surface area contributed by atoms with Gasteiger partial charge < -0.3 is 10.6 Å². The third kappa shape index (κ3) is 5.82. The number of para-hydroxylation sites is 1. The van der Waals surface area contributed by atoms with Crippen molar-refractivity contribution in [3.8, 4) is 0 Å². The number of rotatable bonds is 7. The van der Waals surface area contributed by atoms with Crippen molar-refractivity contribution in [2.45, 2.75) is 40.7 Å². The summed E-state index contributed by atoms with van der Waals surface area (Å²) in [5, 5.41) is 5.47. The van der Waals surface area contributed by atoms with Crippen molar-refractivity contribution in [1.82, 2.24) is 5.32 Å². The van der Waals surface area contributed by atoms with E-state index in [2.05, 4.69) is 10.6 Å². The molecule has 0 fully saturated rings. The molecule has 2 aromatic rings. The van der Waals surface area contributed by atoms with Gasteiger partial charge in [-0.1, -0.05) is 29.8 Å². The summed E-state index contributed by atoms with van der Waals surface area (Å²) in [4.78, 5) is 25.2. The standard InChI is InChI=1S/C22H29N3O4S/c1-14(2)23-22(27)18-9-7-8-10-19(18)24-20(26)13-25(30(6,28)29)21-16(4)11-15(3)12-17(21)5/h7-12,14H,13H2,1-6H3,(H,23,27)(H,24,26). The van der Waals surface area contributed by atoms with Gasteiger partial charge in [0.05, 0.1) is 23.2 Å². The highest BCUT2D eigenvalue weighted by molar-refractivity contribution is 7.92. The van der Waals surface area contributed by atoms with Crippen LogP contribution in [-0.4, -0.2) is 39.1 Å². The van der Waals surface area contributed by atoms with Crippen LogP contribution in [0.2, 0.25) is 0 Å². The summed E-state index contributed by atoms with van der Waals surface area (Å²) in [5.74, 6) is -0.851. The molecule has 30 heavy (non-hydrogen) atoms. The third-order valence-corrected chi connectivity index (χ3v) is 5.55. The number of aryl methyl sites for hydroxylation is 3. The second-order valence-corrected chi connectivity index (χ2v) is 9.65. The largest absolute Gasteiger partial charge is 0.350 e. The van der Waals surface area contributed by atoms with Gasteiger partial charge in [0.1, 0.15) is 6.54 Å². The molecule has 8 heteroatoms. The molecule has 0 unspecified atom stereocenters. The molecule has 0 heterocycles. The van der Waals surface area contributed by atoms with Crippen molar-refractivity contribution < 1.29 is 18.0 Å². The highest BCUT2D eigenvalue weighted by atomic mass is 32.2. The lowest BCUT2D eigenvalue weighted by atomic mass is 10.1. The summed E-state index contributed by atoms with van der Waals surface area (Å²) >= 11 is 0. The van der Waals surface area contributed by atoms with Crippen molar-refractivity contribution in [3.05, 3.63) is 58.7 Å². The van der Waals surface area contributed by atoms with Crippen LogP contribution in [0.3, 0.4) is 0 Å². The third-order valence-electron chi connectivity index (χ3n) is 4.44. The first-order chi connectivity index (χ1) is 13.9. The van der Waals surface area contributed by atoms with Crippen molar-refractivity contribution in [3.63, 3.8) is 0 Å². The van der Waals surface area contributed by atoms with Crippen LogP contribution in [-0.2, 0) is 14.8 Å². The second kappa shape index (κ2) is 9.30. The molecule has 2 rings (SSSR count). The molecule has 0 saturated carbocycles. The number of nitrogens with one attached hydrogen (secondary N) is 2. The Balaban J connectivity index is 2.33. The van der Waals surface area contributed by atoms with Crippen LogP contribution in [0, 0.1) is 20.8 Å². The van der Waals surface area contributed by atoms with Gasteiger partial charge in [-0.05, 0) is 57.9 Å². The molecule has 0 aliphatic carbocycles. The van der Waals surface area contributed by atoms with E-state index in [-0.39, 0.29) is 11.9 Å². The zero-order valence-electron chi connectivity index (χ0n) is 18.2. The average Bonchev–Trinajstić information content (AvgIpc) is 2.59. The van der Waals surface area contributed by atoms with Crippen molar-refractivity contribution in [2.75, 3.05) is 22.4 Å². The van der Waals surface area contributed by atoms with Crippen LogP contribution in [0.4, 0.5) is 11.4 Å².